The number of nitrogens with one attached hydrogen (secondary N) is 2. The maximum atomic E-state index is 13.1. The molecule has 10 heteroatoms. The van der Waals surface area contributed by atoms with Gasteiger partial charge < -0.3 is 10.1 Å². The second-order valence-electron chi connectivity index (χ2n) is 7.61. The Labute approximate surface area is 191 Å². The molecule has 8 nitrogen and oxygen atoms in total. The number of anilines is 2. The highest BCUT2D eigenvalue weighted by Gasteiger charge is 2.27. The van der Waals surface area contributed by atoms with Gasteiger partial charge in [-0.05, 0) is 48.7 Å². The lowest BCUT2D eigenvalue weighted by Gasteiger charge is -2.26. The van der Waals surface area contributed by atoms with Crippen molar-refractivity contribution >= 4 is 31.4 Å². The molecule has 0 atom stereocenters. The maximum Gasteiger partial charge on any atom is 0.261 e. The van der Waals surface area contributed by atoms with Crippen LogP contribution in [0.15, 0.2) is 52.3 Å². The van der Waals surface area contributed by atoms with Crippen LogP contribution >= 0.6 is 0 Å². The summed E-state index contributed by atoms with van der Waals surface area (Å²) < 4.78 is 61.4. The fourth-order valence-corrected chi connectivity index (χ4v) is 5.87. The molecule has 2 N–H and O–H groups in total. The SMILES string of the molecule is CCCCNc1ccc(S(=O)(=O)N2CCOCC2)cc1NS(=O)(=O)c1ccc(CC)cc1. The number of nitrogens with zero attached hydrogens (tertiary/aromatic N) is 1. The van der Waals surface area contributed by atoms with E-state index in [1.165, 1.54) is 16.4 Å². The zero-order chi connectivity index (χ0) is 23.2. The zero-order valence-electron chi connectivity index (χ0n) is 18.5. The molecular weight excluding hydrogens is 450 g/mol. The third-order valence-corrected chi connectivity index (χ3v) is 8.61. The normalized spacial score (nSPS) is 15.4. The van der Waals surface area contributed by atoms with Gasteiger partial charge in [0.25, 0.3) is 10.0 Å². The van der Waals surface area contributed by atoms with Crippen molar-refractivity contribution < 1.29 is 21.6 Å². The minimum absolute atomic E-state index is 0.0412. The van der Waals surface area contributed by atoms with Crippen molar-refractivity contribution in [1.82, 2.24) is 4.31 Å². The molecule has 2 aromatic carbocycles. The van der Waals surface area contributed by atoms with Crippen molar-refractivity contribution in [3.05, 3.63) is 48.0 Å². The van der Waals surface area contributed by atoms with Gasteiger partial charge in [-0.15, -0.1) is 0 Å². The van der Waals surface area contributed by atoms with Gasteiger partial charge in [0, 0.05) is 19.6 Å². The van der Waals surface area contributed by atoms with Crippen LogP contribution in [-0.4, -0.2) is 54.0 Å². The number of sulfonamides is 2. The molecule has 1 aliphatic rings. The molecule has 1 aliphatic heterocycles. The summed E-state index contributed by atoms with van der Waals surface area (Å²) in [6, 6.07) is 11.2. The van der Waals surface area contributed by atoms with Gasteiger partial charge in [-0.25, -0.2) is 16.8 Å². The summed E-state index contributed by atoms with van der Waals surface area (Å²) in [6.07, 6.45) is 2.68. The minimum Gasteiger partial charge on any atom is -0.383 e. The Morgan fingerprint density at radius 2 is 1.56 bits per heavy atom. The standard InChI is InChI=1S/C22H31N3O5S2/c1-3-5-12-23-21-11-10-20(32(28,29)25-13-15-30-16-14-25)17-22(21)24-31(26,27)19-8-6-18(4-2)7-9-19/h6-11,17,23-24H,3-5,12-16H2,1-2H3. The Morgan fingerprint density at radius 3 is 2.19 bits per heavy atom. The summed E-state index contributed by atoms with van der Waals surface area (Å²) in [5, 5.41) is 3.21. The third-order valence-electron chi connectivity index (χ3n) is 5.33. The van der Waals surface area contributed by atoms with Crippen molar-refractivity contribution in [3.63, 3.8) is 0 Å². The molecule has 0 aliphatic carbocycles. The van der Waals surface area contributed by atoms with Crippen LogP contribution in [0, 0.1) is 0 Å². The van der Waals surface area contributed by atoms with E-state index in [1.807, 2.05) is 6.92 Å². The predicted octanol–water partition coefficient (Wildman–Crippen LogP) is 3.28. The summed E-state index contributed by atoms with van der Waals surface area (Å²) in [7, 11) is -7.66. The Balaban J connectivity index is 1.95. The van der Waals surface area contributed by atoms with Gasteiger partial charge in [0.15, 0.2) is 0 Å². The quantitative estimate of drug-likeness (QED) is 0.505. The van der Waals surface area contributed by atoms with E-state index in [0.29, 0.717) is 25.4 Å². The molecule has 0 bridgehead atoms. The first-order valence-corrected chi connectivity index (χ1v) is 13.8. The summed E-state index contributed by atoms with van der Waals surface area (Å²) in [6.45, 7) is 5.91. The van der Waals surface area contributed by atoms with Crippen molar-refractivity contribution in [2.75, 3.05) is 42.9 Å². The molecule has 0 radical (unpaired) electrons. The molecule has 3 rings (SSSR count). The van der Waals surface area contributed by atoms with Crippen LogP contribution in [0.4, 0.5) is 11.4 Å². The van der Waals surface area contributed by atoms with Crippen LogP contribution in [0.25, 0.3) is 0 Å². The lowest BCUT2D eigenvalue weighted by Crippen LogP contribution is -2.40. The van der Waals surface area contributed by atoms with Crippen molar-refractivity contribution in [2.45, 2.75) is 42.9 Å². The molecular formula is C22H31N3O5S2. The summed E-state index contributed by atoms with van der Waals surface area (Å²) >= 11 is 0. The largest absolute Gasteiger partial charge is 0.383 e. The molecule has 0 aromatic heterocycles. The van der Waals surface area contributed by atoms with Gasteiger partial charge in [-0.2, -0.15) is 4.31 Å². The molecule has 1 fully saturated rings. The zero-order valence-corrected chi connectivity index (χ0v) is 20.1. The number of hydrogen-bond acceptors (Lipinski definition) is 6. The summed E-state index contributed by atoms with van der Waals surface area (Å²) in [4.78, 5) is 0.162. The van der Waals surface area contributed by atoms with Crippen LogP contribution in [0.2, 0.25) is 0 Å². The van der Waals surface area contributed by atoms with Crippen LogP contribution in [0.3, 0.4) is 0 Å². The topological polar surface area (TPSA) is 105 Å². The van der Waals surface area contributed by atoms with Crippen LogP contribution in [-0.2, 0) is 31.2 Å². The number of aryl methyl sites for hydroxylation is 1. The lowest BCUT2D eigenvalue weighted by atomic mass is 10.2. The van der Waals surface area contributed by atoms with Gasteiger partial charge in [-0.3, -0.25) is 4.72 Å². The highest BCUT2D eigenvalue weighted by molar-refractivity contribution is 7.92. The number of hydrogen-bond donors (Lipinski definition) is 2. The maximum absolute atomic E-state index is 13.1. The summed E-state index contributed by atoms with van der Waals surface area (Å²) in [5.74, 6) is 0. The van der Waals surface area contributed by atoms with Crippen molar-refractivity contribution in [2.24, 2.45) is 0 Å². The number of unbranched alkanes of at least 4 members (excludes halogenated alkanes) is 1. The molecule has 32 heavy (non-hydrogen) atoms. The van der Waals surface area contributed by atoms with Crippen LogP contribution < -0.4 is 10.0 Å². The Hall–Kier alpha value is -2.14. The number of ether oxygens (including phenoxy) is 1. The summed E-state index contributed by atoms with van der Waals surface area (Å²) in [5.41, 5.74) is 1.77. The Kier molecular flexibility index (Phi) is 8.16. The average molecular weight is 482 g/mol. The van der Waals surface area contributed by atoms with E-state index < -0.39 is 20.0 Å². The van der Waals surface area contributed by atoms with Crippen molar-refractivity contribution in [3.8, 4) is 0 Å². The first kappa shape index (κ1) is 24.5. The molecule has 0 saturated carbocycles. The highest BCUT2D eigenvalue weighted by Crippen LogP contribution is 2.30. The van der Waals surface area contributed by atoms with Crippen LogP contribution in [0.1, 0.15) is 32.3 Å². The molecule has 2 aromatic rings. The molecule has 0 amide bonds. The fourth-order valence-electron chi connectivity index (χ4n) is 3.37. The fraction of sp³-hybridized carbons (Fsp3) is 0.455. The number of rotatable bonds is 10. The van der Waals surface area contributed by atoms with E-state index in [-0.39, 0.29) is 28.6 Å². The highest BCUT2D eigenvalue weighted by atomic mass is 32.2. The van der Waals surface area contributed by atoms with Gasteiger partial charge in [-0.1, -0.05) is 32.4 Å². The Morgan fingerprint density at radius 1 is 0.906 bits per heavy atom. The third kappa shape index (κ3) is 5.80. The Bertz CT molecular complexity index is 1110. The smallest absolute Gasteiger partial charge is 0.261 e. The number of benzene rings is 2. The van der Waals surface area contributed by atoms with E-state index in [4.69, 9.17) is 4.74 Å². The second kappa shape index (κ2) is 10.7. The second-order valence-corrected chi connectivity index (χ2v) is 11.2. The first-order chi connectivity index (χ1) is 15.3. The van der Waals surface area contributed by atoms with Gasteiger partial charge in [0.1, 0.15) is 0 Å². The number of morpholine rings is 1. The first-order valence-electron chi connectivity index (χ1n) is 10.9. The monoisotopic (exact) mass is 481 g/mol. The van der Waals surface area contributed by atoms with E-state index in [0.717, 1.165) is 24.8 Å². The van der Waals surface area contributed by atoms with Gasteiger partial charge >= 0.3 is 0 Å². The van der Waals surface area contributed by atoms with Gasteiger partial charge in [0.2, 0.25) is 10.0 Å². The average Bonchev–Trinajstić information content (AvgIpc) is 2.80. The molecule has 0 spiro atoms. The van der Waals surface area contributed by atoms with E-state index in [2.05, 4.69) is 17.0 Å². The van der Waals surface area contributed by atoms with E-state index in [9.17, 15) is 16.8 Å². The van der Waals surface area contributed by atoms with E-state index >= 15 is 0 Å². The minimum atomic E-state index is -3.90. The molecule has 176 valence electrons. The van der Waals surface area contributed by atoms with Crippen molar-refractivity contribution in [1.29, 1.82) is 0 Å². The molecule has 1 saturated heterocycles. The van der Waals surface area contributed by atoms with E-state index in [1.54, 1.807) is 30.3 Å². The predicted molar refractivity (Wildman–Crippen MR) is 126 cm³/mol. The molecule has 0 unspecified atom stereocenters. The lowest BCUT2D eigenvalue weighted by molar-refractivity contribution is 0.0730. The van der Waals surface area contributed by atoms with Gasteiger partial charge in [0.05, 0.1) is 34.4 Å². The molecule has 1 heterocycles. The van der Waals surface area contributed by atoms with Crippen LogP contribution in [0.5, 0.6) is 0 Å².